The number of nitriles is 1. The van der Waals surface area contributed by atoms with Crippen molar-refractivity contribution in [3.63, 3.8) is 0 Å². The molecule has 0 saturated carbocycles. The van der Waals surface area contributed by atoms with Gasteiger partial charge in [0.15, 0.2) is 0 Å². The highest BCUT2D eigenvalue weighted by molar-refractivity contribution is 5.77. The highest BCUT2D eigenvalue weighted by Crippen LogP contribution is 2.19. The summed E-state index contributed by atoms with van der Waals surface area (Å²) in [7, 11) is 0. The zero-order valence-corrected chi connectivity index (χ0v) is 10.2. The third-order valence-electron chi connectivity index (χ3n) is 2.64. The quantitative estimate of drug-likeness (QED) is 0.828. The molecule has 19 heavy (non-hydrogen) atoms. The number of hydrogen-bond donors (Lipinski definition) is 1. The van der Waals surface area contributed by atoms with Crippen LogP contribution in [0.4, 0.5) is 0 Å². The van der Waals surface area contributed by atoms with Crippen LogP contribution in [0.5, 0.6) is 5.75 Å². The first-order valence-electron chi connectivity index (χ1n) is 5.91. The number of aliphatic hydroxyl groups is 1. The van der Waals surface area contributed by atoms with Gasteiger partial charge in [0.2, 0.25) is 0 Å². The highest BCUT2D eigenvalue weighted by Gasteiger charge is 2.04. The Morgan fingerprint density at radius 1 is 1.37 bits per heavy atom. The number of rotatable bonds is 5. The van der Waals surface area contributed by atoms with E-state index in [1.54, 1.807) is 24.3 Å². The molecule has 0 fully saturated rings. The lowest BCUT2D eigenvalue weighted by Crippen LogP contribution is -2.11. The number of aliphatic hydroxyl groups excluding tert-OH is 1. The van der Waals surface area contributed by atoms with Crippen LogP contribution in [0.1, 0.15) is 12.8 Å². The molecule has 2 aromatic rings. The Labute approximate surface area is 109 Å². The average molecular weight is 259 g/mol. The summed E-state index contributed by atoms with van der Waals surface area (Å²) in [5.41, 5.74) is 0.0525. The molecule has 0 saturated heterocycles. The normalized spacial score (nSPS) is 12.0. The number of fused-ring (bicyclic) bond motifs is 1. The van der Waals surface area contributed by atoms with Crippen molar-refractivity contribution in [3.05, 3.63) is 40.8 Å². The molecule has 2 rings (SSSR count). The molecule has 5 heteroatoms. The molecular weight excluding hydrogens is 246 g/mol. The fourth-order valence-electron chi connectivity index (χ4n) is 1.65. The Hall–Kier alpha value is -2.32. The SMILES string of the molecule is N#CC[C@H](O)CCOc1ccc2ccc(=O)oc2c1. The summed E-state index contributed by atoms with van der Waals surface area (Å²) in [4.78, 5) is 11.1. The molecule has 1 aromatic heterocycles. The molecule has 1 atom stereocenters. The molecule has 0 unspecified atom stereocenters. The van der Waals surface area contributed by atoms with Crippen LogP contribution in [0.15, 0.2) is 39.5 Å². The molecular formula is C14H13NO4. The van der Waals surface area contributed by atoms with Crippen molar-refractivity contribution in [3.8, 4) is 11.8 Å². The first-order chi connectivity index (χ1) is 9.19. The van der Waals surface area contributed by atoms with Gasteiger partial charge in [0.05, 0.1) is 25.2 Å². The van der Waals surface area contributed by atoms with Crippen LogP contribution in [-0.4, -0.2) is 17.8 Å². The minimum atomic E-state index is -0.677. The first kappa shape index (κ1) is 13.1. The molecule has 0 aliphatic rings. The molecule has 0 bridgehead atoms. The highest BCUT2D eigenvalue weighted by atomic mass is 16.5. The van der Waals surface area contributed by atoms with E-state index in [2.05, 4.69) is 0 Å². The number of hydrogen-bond acceptors (Lipinski definition) is 5. The summed E-state index contributed by atoms with van der Waals surface area (Å²) in [6.07, 6.45) is -0.205. The summed E-state index contributed by atoms with van der Waals surface area (Å²) in [5, 5.41) is 18.6. The molecule has 1 aromatic carbocycles. The molecule has 0 spiro atoms. The number of nitrogens with zero attached hydrogens (tertiary/aromatic N) is 1. The van der Waals surface area contributed by atoms with Crippen LogP contribution in [0.3, 0.4) is 0 Å². The van der Waals surface area contributed by atoms with Crippen molar-refractivity contribution in [2.45, 2.75) is 18.9 Å². The Kier molecular flexibility index (Phi) is 4.16. The lowest BCUT2D eigenvalue weighted by Gasteiger charge is -2.09. The van der Waals surface area contributed by atoms with Gasteiger partial charge >= 0.3 is 5.63 Å². The predicted molar refractivity (Wildman–Crippen MR) is 68.8 cm³/mol. The van der Waals surface area contributed by atoms with Gasteiger partial charge in [0.1, 0.15) is 11.3 Å². The molecule has 0 aliphatic heterocycles. The first-order valence-corrected chi connectivity index (χ1v) is 5.91. The summed E-state index contributed by atoms with van der Waals surface area (Å²) in [5.74, 6) is 0.561. The van der Waals surface area contributed by atoms with Crippen molar-refractivity contribution in [1.29, 1.82) is 5.26 Å². The molecule has 1 N–H and O–H groups in total. The van der Waals surface area contributed by atoms with Crippen LogP contribution in [-0.2, 0) is 0 Å². The standard InChI is InChI=1S/C14H13NO4/c15-7-5-11(16)6-8-18-12-3-1-10-2-4-14(17)19-13(10)9-12/h1-4,9,11,16H,5-6,8H2/t11-/m0/s1. The molecule has 0 amide bonds. The second-order valence-electron chi connectivity index (χ2n) is 4.11. The monoisotopic (exact) mass is 259 g/mol. The van der Waals surface area contributed by atoms with Crippen molar-refractivity contribution in [1.82, 2.24) is 0 Å². The molecule has 0 aliphatic carbocycles. The van der Waals surface area contributed by atoms with E-state index in [9.17, 15) is 9.90 Å². The second kappa shape index (κ2) is 6.03. The van der Waals surface area contributed by atoms with E-state index in [1.165, 1.54) is 6.07 Å². The van der Waals surface area contributed by atoms with E-state index < -0.39 is 11.7 Å². The van der Waals surface area contributed by atoms with Gasteiger partial charge in [-0.25, -0.2) is 4.79 Å². The fourth-order valence-corrected chi connectivity index (χ4v) is 1.65. The summed E-state index contributed by atoms with van der Waals surface area (Å²) >= 11 is 0. The van der Waals surface area contributed by atoms with Gasteiger partial charge < -0.3 is 14.3 Å². The fraction of sp³-hybridized carbons (Fsp3) is 0.286. The number of benzene rings is 1. The van der Waals surface area contributed by atoms with Crippen LogP contribution in [0.25, 0.3) is 11.0 Å². The van der Waals surface area contributed by atoms with Gasteiger partial charge in [0.25, 0.3) is 0 Å². The van der Waals surface area contributed by atoms with E-state index >= 15 is 0 Å². The van der Waals surface area contributed by atoms with Gasteiger partial charge in [-0.2, -0.15) is 5.26 Å². The molecule has 5 nitrogen and oxygen atoms in total. The minimum Gasteiger partial charge on any atom is -0.493 e. The lowest BCUT2D eigenvalue weighted by atomic mass is 10.2. The lowest BCUT2D eigenvalue weighted by molar-refractivity contribution is 0.143. The summed E-state index contributed by atoms with van der Waals surface area (Å²) < 4.78 is 10.5. The van der Waals surface area contributed by atoms with E-state index in [0.29, 0.717) is 24.4 Å². The average Bonchev–Trinajstić information content (AvgIpc) is 2.38. The van der Waals surface area contributed by atoms with E-state index in [-0.39, 0.29) is 6.42 Å². The zero-order chi connectivity index (χ0) is 13.7. The number of ether oxygens (including phenoxy) is 1. The smallest absolute Gasteiger partial charge is 0.336 e. The molecule has 0 radical (unpaired) electrons. The van der Waals surface area contributed by atoms with Crippen LogP contribution >= 0.6 is 0 Å². The van der Waals surface area contributed by atoms with Crippen molar-refractivity contribution >= 4 is 11.0 Å². The Bertz CT molecular complexity index is 656. The summed E-state index contributed by atoms with van der Waals surface area (Å²) in [6, 6.07) is 10.1. The maximum atomic E-state index is 11.1. The van der Waals surface area contributed by atoms with Crippen LogP contribution in [0, 0.1) is 11.3 Å². The van der Waals surface area contributed by atoms with Gasteiger partial charge in [0, 0.05) is 23.9 Å². The van der Waals surface area contributed by atoms with Gasteiger partial charge in [-0.3, -0.25) is 0 Å². The van der Waals surface area contributed by atoms with E-state index in [0.717, 1.165) is 5.39 Å². The minimum absolute atomic E-state index is 0.0932. The van der Waals surface area contributed by atoms with Gasteiger partial charge in [-0.15, -0.1) is 0 Å². The van der Waals surface area contributed by atoms with Crippen molar-refractivity contribution < 1.29 is 14.3 Å². The van der Waals surface area contributed by atoms with E-state index in [1.807, 2.05) is 6.07 Å². The largest absolute Gasteiger partial charge is 0.493 e. The Balaban J connectivity index is 2.01. The zero-order valence-electron chi connectivity index (χ0n) is 10.2. The maximum Gasteiger partial charge on any atom is 0.336 e. The molecule has 1 heterocycles. The third kappa shape index (κ3) is 3.57. The predicted octanol–water partition coefficient (Wildman–Crippen LogP) is 1.84. The van der Waals surface area contributed by atoms with Crippen molar-refractivity contribution in [2.75, 3.05) is 6.61 Å². The van der Waals surface area contributed by atoms with Crippen LogP contribution < -0.4 is 10.4 Å². The maximum absolute atomic E-state index is 11.1. The van der Waals surface area contributed by atoms with Crippen LogP contribution in [0.2, 0.25) is 0 Å². The topological polar surface area (TPSA) is 83.5 Å². The van der Waals surface area contributed by atoms with Gasteiger partial charge in [-0.05, 0) is 18.2 Å². The van der Waals surface area contributed by atoms with E-state index in [4.69, 9.17) is 14.4 Å². The summed E-state index contributed by atoms with van der Waals surface area (Å²) in [6.45, 7) is 0.297. The Morgan fingerprint density at radius 2 is 2.16 bits per heavy atom. The van der Waals surface area contributed by atoms with Gasteiger partial charge in [-0.1, -0.05) is 0 Å². The Morgan fingerprint density at radius 3 is 2.95 bits per heavy atom. The van der Waals surface area contributed by atoms with Crippen molar-refractivity contribution in [2.24, 2.45) is 0 Å². The third-order valence-corrected chi connectivity index (χ3v) is 2.64. The second-order valence-corrected chi connectivity index (χ2v) is 4.11. The molecule has 98 valence electrons.